The highest BCUT2D eigenvalue weighted by Crippen LogP contribution is 2.33. The van der Waals surface area contributed by atoms with Gasteiger partial charge in [-0.05, 0) is 35.7 Å². The Kier molecular flexibility index (Phi) is 4.91. The van der Waals surface area contributed by atoms with Gasteiger partial charge in [0.25, 0.3) is 0 Å². The standard InChI is InChI=1S/C13H9BrCl3N/c14-9-1-2-10(12(16)6-9)11(15)5-8-3-4-18-7-13(8)17/h1-4,6-7,11H,5H2. The van der Waals surface area contributed by atoms with Crippen LogP contribution < -0.4 is 0 Å². The van der Waals surface area contributed by atoms with Gasteiger partial charge in [-0.15, -0.1) is 11.6 Å². The van der Waals surface area contributed by atoms with E-state index in [0.29, 0.717) is 16.5 Å². The summed E-state index contributed by atoms with van der Waals surface area (Å²) in [5.74, 6) is 0. The topological polar surface area (TPSA) is 12.9 Å². The lowest BCUT2D eigenvalue weighted by Crippen LogP contribution is -1.98. The quantitative estimate of drug-likeness (QED) is 0.638. The number of halogens is 4. The van der Waals surface area contributed by atoms with E-state index in [1.54, 1.807) is 12.4 Å². The van der Waals surface area contributed by atoms with Crippen LogP contribution >= 0.6 is 50.7 Å². The molecule has 0 aliphatic heterocycles. The molecule has 1 nitrogen and oxygen atoms in total. The first-order chi connectivity index (χ1) is 8.58. The maximum atomic E-state index is 6.39. The van der Waals surface area contributed by atoms with Gasteiger partial charge in [-0.3, -0.25) is 4.98 Å². The fourth-order valence-electron chi connectivity index (χ4n) is 1.63. The van der Waals surface area contributed by atoms with Crippen LogP contribution in [0.5, 0.6) is 0 Å². The van der Waals surface area contributed by atoms with Gasteiger partial charge in [0.2, 0.25) is 0 Å². The summed E-state index contributed by atoms with van der Waals surface area (Å²) >= 11 is 22.0. The number of pyridine rings is 1. The number of alkyl halides is 1. The molecule has 1 aromatic carbocycles. The summed E-state index contributed by atoms with van der Waals surface area (Å²) in [7, 11) is 0. The molecule has 1 atom stereocenters. The SMILES string of the molecule is Clc1cnccc1CC(Cl)c1ccc(Br)cc1Cl. The second-order valence-corrected chi connectivity index (χ2v) is 6.06. The van der Waals surface area contributed by atoms with E-state index in [2.05, 4.69) is 20.9 Å². The summed E-state index contributed by atoms with van der Waals surface area (Å²) in [6.45, 7) is 0. The summed E-state index contributed by atoms with van der Waals surface area (Å²) in [6.07, 6.45) is 3.93. The minimum absolute atomic E-state index is 0.217. The Bertz CT molecular complexity index is 560. The van der Waals surface area contributed by atoms with Crippen LogP contribution in [-0.4, -0.2) is 4.98 Å². The zero-order valence-electron chi connectivity index (χ0n) is 9.21. The maximum absolute atomic E-state index is 6.39. The molecule has 0 aliphatic rings. The van der Waals surface area contributed by atoms with Crippen LogP contribution in [0.4, 0.5) is 0 Å². The van der Waals surface area contributed by atoms with Crippen molar-refractivity contribution in [2.45, 2.75) is 11.8 Å². The van der Waals surface area contributed by atoms with Crippen molar-refractivity contribution in [3.63, 3.8) is 0 Å². The highest BCUT2D eigenvalue weighted by Gasteiger charge is 2.14. The molecule has 94 valence electrons. The van der Waals surface area contributed by atoms with E-state index in [0.717, 1.165) is 15.6 Å². The normalized spacial score (nSPS) is 12.4. The highest BCUT2D eigenvalue weighted by atomic mass is 79.9. The third-order valence-electron chi connectivity index (χ3n) is 2.56. The Hall–Kier alpha value is -0.280. The second kappa shape index (κ2) is 6.25. The largest absolute Gasteiger partial charge is 0.263 e. The summed E-state index contributed by atoms with van der Waals surface area (Å²) in [6, 6.07) is 7.54. The number of aromatic nitrogens is 1. The van der Waals surface area contributed by atoms with Crippen LogP contribution in [0.1, 0.15) is 16.5 Å². The second-order valence-electron chi connectivity index (χ2n) is 3.80. The predicted octanol–water partition coefficient (Wildman–Crippen LogP) is 5.67. The molecular weight excluding hydrogens is 356 g/mol. The molecule has 5 heteroatoms. The molecule has 18 heavy (non-hydrogen) atoms. The zero-order chi connectivity index (χ0) is 13.1. The molecule has 0 N–H and O–H groups in total. The zero-order valence-corrected chi connectivity index (χ0v) is 13.1. The predicted molar refractivity (Wildman–Crippen MR) is 80.7 cm³/mol. The monoisotopic (exact) mass is 363 g/mol. The first-order valence-electron chi connectivity index (χ1n) is 5.25. The van der Waals surface area contributed by atoms with Gasteiger partial charge in [0.15, 0.2) is 0 Å². The van der Waals surface area contributed by atoms with Gasteiger partial charge < -0.3 is 0 Å². The molecule has 1 unspecified atom stereocenters. The molecule has 0 radical (unpaired) electrons. The van der Waals surface area contributed by atoms with Gasteiger partial charge in [0.1, 0.15) is 0 Å². The lowest BCUT2D eigenvalue weighted by atomic mass is 10.0. The molecule has 0 saturated heterocycles. The molecule has 1 aromatic heterocycles. The molecule has 0 fully saturated rings. The van der Waals surface area contributed by atoms with Crippen molar-refractivity contribution in [3.05, 3.63) is 62.3 Å². The number of rotatable bonds is 3. The fraction of sp³-hybridized carbons (Fsp3) is 0.154. The van der Waals surface area contributed by atoms with E-state index in [-0.39, 0.29) is 5.38 Å². The van der Waals surface area contributed by atoms with Crippen LogP contribution in [0.2, 0.25) is 10.0 Å². The van der Waals surface area contributed by atoms with Gasteiger partial charge in [-0.25, -0.2) is 0 Å². The molecule has 2 rings (SSSR count). The summed E-state index contributed by atoms with van der Waals surface area (Å²) in [5, 5.41) is 1.05. The Morgan fingerprint density at radius 3 is 2.61 bits per heavy atom. The van der Waals surface area contributed by atoms with Gasteiger partial charge in [-0.2, -0.15) is 0 Å². The van der Waals surface area contributed by atoms with E-state index in [4.69, 9.17) is 34.8 Å². The van der Waals surface area contributed by atoms with E-state index in [9.17, 15) is 0 Å². The van der Waals surface area contributed by atoms with E-state index < -0.39 is 0 Å². The molecule has 0 saturated carbocycles. The Balaban J connectivity index is 2.22. The van der Waals surface area contributed by atoms with Crippen LogP contribution in [-0.2, 0) is 6.42 Å². The van der Waals surface area contributed by atoms with E-state index in [1.807, 2.05) is 24.3 Å². The first-order valence-corrected chi connectivity index (χ1v) is 7.24. The Morgan fingerprint density at radius 1 is 1.17 bits per heavy atom. The van der Waals surface area contributed by atoms with Gasteiger partial charge >= 0.3 is 0 Å². The lowest BCUT2D eigenvalue weighted by molar-refractivity contribution is 0.916. The summed E-state index contributed by atoms with van der Waals surface area (Å²) in [4.78, 5) is 3.95. The van der Waals surface area contributed by atoms with Crippen molar-refractivity contribution >= 4 is 50.7 Å². The van der Waals surface area contributed by atoms with Crippen LogP contribution in [0.15, 0.2) is 41.1 Å². The first kappa shape index (κ1) is 14.1. The van der Waals surface area contributed by atoms with Gasteiger partial charge in [-0.1, -0.05) is 45.2 Å². The number of nitrogens with zero attached hydrogens (tertiary/aromatic N) is 1. The van der Waals surface area contributed by atoms with Crippen LogP contribution in [0.25, 0.3) is 0 Å². The van der Waals surface area contributed by atoms with Gasteiger partial charge in [0, 0.05) is 21.9 Å². The summed E-state index contributed by atoms with van der Waals surface area (Å²) in [5.41, 5.74) is 1.86. The minimum atomic E-state index is -0.217. The third kappa shape index (κ3) is 3.39. The minimum Gasteiger partial charge on any atom is -0.263 e. The smallest absolute Gasteiger partial charge is 0.0640 e. The average Bonchev–Trinajstić information content (AvgIpc) is 2.32. The molecule has 1 heterocycles. The lowest BCUT2D eigenvalue weighted by Gasteiger charge is -2.12. The molecule has 0 bridgehead atoms. The van der Waals surface area contributed by atoms with E-state index in [1.165, 1.54) is 0 Å². The number of hydrogen-bond donors (Lipinski definition) is 0. The molecule has 0 spiro atoms. The maximum Gasteiger partial charge on any atom is 0.0640 e. The Morgan fingerprint density at radius 2 is 1.94 bits per heavy atom. The van der Waals surface area contributed by atoms with Crippen molar-refractivity contribution < 1.29 is 0 Å². The molecular formula is C13H9BrCl3N. The molecule has 2 aromatic rings. The number of hydrogen-bond acceptors (Lipinski definition) is 1. The average molecular weight is 365 g/mol. The third-order valence-corrected chi connectivity index (χ3v) is 4.11. The van der Waals surface area contributed by atoms with Crippen molar-refractivity contribution in [1.82, 2.24) is 4.98 Å². The molecule has 0 aliphatic carbocycles. The van der Waals surface area contributed by atoms with Crippen molar-refractivity contribution in [3.8, 4) is 0 Å². The number of benzene rings is 1. The fourth-order valence-corrected chi connectivity index (χ4v) is 3.04. The van der Waals surface area contributed by atoms with E-state index >= 15 is 0 Å². The highest BCUT2D eigenvalue weighted by molar-refractivity contribution is 9.10. The van der Waals surface area contributed by atoms with Crippen molar-refractivity contribution in [1.29, 1.82) is 0 Å². The van der Waals surface area contributed by atoms with Crippen molar-refractivity contribution in [2.24, 2.45) is 0 Å². The summed E-state index contributed by atoms with van der Waals surface area (Å²) < 4.78 is 0.932. The van der Waals surface area contributed by atoms with Crippen LogP contribution in [0.3, 0.4) is 0 Å². The van der Waals surface area contributed by atoms with Crippen molar-refractivity contribution in [2.75, 3.05) is 0 Å². The molecule has 0 amide bonds. The van der Waals surface area contributed by atoms with Crippen LogP contribution in [0, 0.1) is 0 Å². The van der Waals surface area contributed by atoms with Gasteiger partial charge in [0.05, 0.1) is 10.4 Å². The Labute approximate surface area is 129 Å².